The molecule has 1 aliphatic carbocycles. The van der Waals surface area contributed by atoms with Gasteiger partial charge in [-0.1, -0.05) is 18.2 Å². The number of hydrogen-bond donors (Lipinski definition) is 3. The summed E-state index contributed by atoms with van der Waals surface area (Å²) in [6.07, 6.45) is 7.10. The maximum Gasteiger partial charge on any atom is 0.315 e. The van der Waals surface area contributed by atoms with Crippen LogP contribution in [0.3, 0.4) is 0 Å². The number of rotatable bonds is 4. The molecule has 2 rings (SSSR count). The van der Waals surface area contributed by atoms with Gasteiger partial charge >= 0.3 is 6.03 Å². The van der Waals surface area contributed by atoms with Crippen molar-refractivity contribution in [3.05, 3.63) is 34.5 Å². The third-order valence-electron chi connectivity index (χ3n) is 3.25. The van der Waals surface area contributed by atoms with Crippen LogP contribution in [0.25, 0.3) is 0 Å². The Labute approximate surface area is 117 Å². The van der Waals surface area contributed by atoms with Gasteiger partial charge in [-0.25, -0.2) is 4.79 Å². The predicted octanol–water partition coefficient (Wildman–Crippen LogP) is 2.36. The molecule has 3 N–H and O–H groups in total. The number of nitrogens with one attached hydrogen (secondary N) is 2. The first-order valence-electron chi connectivity index (χ1n) is 6.54. The van der Waals surface area contributed by atoms with Gasteiger partial charge in [-0.15, -0.1) is 11.3 Å². The standard InChI is InChI=1S/C14H20N2O2S/c1-14(18,12-8-5-9-19-12)10-15-13(17)16-11-6-3-2-4-7-11/h2-3,5,8-9,11,18H,4,6-7,10H2,1H3,(H2,15,16,17). The molecule has 19 heavy (non-hydrogen) atoms. The Bertz CT molecular complexity index is 440. The van der Waals surface area contributed by atoms with E-state index in [9.17, 15) is 9.90 Å². The van der Waals surface area contributed by atoms with Crippen molar-refractivity contribution in [2.75, 3.05) is 6.54 Å². The van der Waals surface area contributed by atoms with Crippen LogP contribution >= 0.6 is 11.3 Å². The Hall–Kier alpha value is -1.33. The lowest BCUT2D eigenvalue weighted by Gasteiger charge is -2.24. The molecule has 0 aromatic carbocycles. The van der Waals surface area contributed by atoms with Gasteiger partial charge in [0.25, 0.3) is 0 Å². The molecule has 2 amide bonds. The van der Waals surface area contributed by atoms with Gasteiger partial charge in [0.05, 0.1) is 6.54 Å². The van der Waals surface area contributed by atoms with Crippen LogP contribution in [0.2, 0.25) is 0 Å². The molecule has 2 atom stereocenters. The largest absolute Gasteiger partial charge is 0.383 e. The molecule has 4 nitrogen and oxygen atoms in total. The van der Waals surface area contributed by atoms with Gasteiger partial charge in [-0.2, -0.15) is 0 Å². The summed E-state index contributed by atoms with van der Waals surface area (Å²) < 4.78 is 0. The Kier molecular flexibility index (Phi) is 4.61. The Morgan fingerprint density at radius 1 is 1.58 bits per heavy atom. The van der Waals surface area contributed by atoms with Gasteiger partial charge in [-0.3, -0.25) is 0 Å². The fraction of sp³-hybridized carbons (Fsp3) is 0.500. The Morgan fingerprint density at radius 2 is 2.42 bits per heavy atom. The number of carbonyl (C=O) groups is 1. The Morgan fingerprint density at radius 3 is 3.05 bits per heavy atom. The minimum atomic E-state index is -1.02. The van der Waals surface area contributed by atoms with E-state index in [1.165, 1.54) is 11.3 Å². The molecule has 104 valence electrons. The third-order valence-corrected chi connectivity index (χ3v) is 4.37. The first kappa shape index (κ1) is 14.1. The number of urea groups is 1. The quantitative estimate of drug-likeness (QED) is 0.741. The van der Waals surface area contributed by atoms with Crippen LogP contribution in [-0.4, -0.2) is 23.7 Å². The summed E-state index contributed by atoms with van der Waals surface area (Å²) in [6, 6.07) is 3.76. The van der Waals surface area contributed by atoms with Crippen molar-refractivity contribution >= 4 is 17.4 Å². The zero-order chi connectivity index (χ0) is 13.7. The first-order valence-corrected chi connectivity index (χ1v) is 7.41. The van der Waals surface area contributed by atoms with Gasteiger partial charge in [0.15, 0.2) is 0 Å². The molecule has 0 radical (unpaired) electrons. The predicted molar refractivity (Wildman–Crippen MR) is 77.2 cm³/mol. The SMILES string of the molecule is CC(O)(CNC(=O)NC1CC=CCC1)c1cccs1. The molecule has 0 fully saturated rings. The highest BCUT2D eigenvalue weighted by atomic mass is 32.1. The van der Waals surface area contributed by atoms with E-state index in [1.54, 1.807) is 6.92 Å². The number of allylic oxidation sites excluding steroid dienone is 1. The van der Waals surface area contributed by atoms with E-state index in [2.05, 4.69) is 22.8 Å². The minimum Gasteiger partial charge on any atom is -0.383 e. The fourth-order valence-corrected chi connectivity index (χ4v) is 2.87. The Balaban J connectivity index is 1.78. The van der Waals surface area contributed by atoms with Gasteiger partial charge in [0.1, 0.15) is 5.60 Å². The molecule has 0 saturated heterocycles. The number of amides is 2. The van der Waals surface area contributed by atoms with Crippen LogP contribution < -0.4 is 10.6 Å². The van der Waals surface area contributed by atoms with Crippen LogP contribution in [0.5, 0.6) is 0 Å². The normalized spacial score (nSPS) is 21.7. The van der Waals surface area contributed by atoms with Crippen molar-refractivity contribution in [2.24, 2.45) is 0 Å². The van der Waals surface area contributed by atoms with E-state index < -0.39 is 5.60 Å². The second kappa shape index (κ2) is 6.21. The van der Waals surface area contributed by atoms with Crippen LogP contribution in [-0.2, 0) is 5.60 Å². The highest BCUT2D eigenvalue weighted by molar-refractivity contribution is 7.10. The summed E-state index contributed by atoms with van der Waals surface area (Å²) in [5, 5.41) is 17.9. The second-order valence-corrected chi connectivity index (χ2v) is 6.01. The number of aliphatic hydroxyl groups is 1. The molecular weight excluding hydrogens is 260 g/mol. The summed E-state index contributed by atoms with van der Waals surface area (Å²) >= 11 is 1.49. The smallest absolute Gasteiger partial charge is 0.315 e. The third kappa shape index (κ3) is 4.08. The summed E-state index contributed by atoms with van der Waals surface area (Å²) in [5.74, 6) is 0. The van der Waals surface area contributed by atoms with Crippen LogP contribution in [0.1, 0.15) is 31.1 Å². The highest BCUT2D eigenvalue weighted by Crippen LogP contribution is 2.24. The van der Waals surface area contributed by atoms with E-state index in [1.807, 2.05) is 17.5 Å². The monoisotopic (exact) mass is 280 g/mol. The lowest BCUT2D eigenvalue weighted by atomic mass is 10.0. The molecule has 0 spiro atoms. The fourth-order valence-electron chi connectivity index (χ4n) is 2.09. The zero-order valence-corrected chi connectivity index (χ0v) is 11.9. The van der Waals surface area contributed by atoms with E-state index in [4.69, 9.17) is 0 Å². The van der Waals surface area contributed by atoms with Crippen molar-refractivity contribution in [3.8, 4) is 0 Å². The number of thiophene rings is 1. The van der Waals surface area contributed by atoms with Crippen molar-refractivity contribution in [1.29, 1.82) is 0 Å². The van der Waals surface area contributed by atoms with Gasteiger partial charge in [0, 0.05) is 10.9 Å². The van der Waals surface area contributed by atoms with Crippen LogP contribution in [0, 0.1) is 0 Å². The lowest BCUT2D eigenvalue weighted by Crippen LogP contribution is -2.46. The minimum absolute atomic E-state index is 0.205. The summed E-state index contributed by atoms with van der Waals surface area (Å²) in [6.45, 7) is 1.92. The summed E-state index contributed by atoms with van der Waals surface area (Å²) in [4.78, 5) is 12.6. The van der Waals surface area contributed by atoms with E-state index in [0.29, 0.717) is 0 Å². The van der Waals surface area contributed by atoms with E-state index in [0.717, 1.165) is 24.1 Å². The highest BCUT2D eigenvalue weighted by Gasteiger charge is 2.25. The molecule has 1 aliphatic rings. The van der Waals surface area contributed by atoms with Crippen molar-refractivity contribution in [3.63, 3.8) is 0 Å². The molecule has 1 aromatic rings. The second-order valence-electron chi connectivity index (χ2n) is 5.06. The summed E-state index contributed by atoms with van der Waals surface area (Å²) in [7, 11) is 0. The molecule has 0 aliphatic heterocycles. The molecule has 0 saturated carbocycles. The lowest BCUT2D eigenvalue weighted by molar-refractivity contribution is 0.0630. The molecule has 2 unspecified atom stereocenters. The van der Waals surface area contributed by atoms with Crippen molar-refractivity contribution in [1.82, 2.24) is 10.6 Å². The average molecular weight is 280 g/mol. The van der Waals surface area contributed by atoms with Crippen LogP contribution in [0.4, 0.5) is 4.79 Å². The molecule has 0 bridgehead atoms. The average Bonchev–Trinajstić information content (AvgIpc) is 2.92. The van der Waals surface area contributed by atoms with Gasteiger partial charge < -0.3 is 15.7 Å². The van der Waals surface area contributed by atoms with Crippen molar-refractivity contribution in [2.45, 2.75) is 37.8 Å². The first-order chi connectivity index (χ1) is 9.08. The van der Waals surface area contributed by atoms with E-state index >= 15 is 0 Å². The topological polar surface area (TPSA) is 61.4 Å². The summed E-state index contributed by atoms with van der Waals surface area (Å²) in [5.41, 5.74) is -1.02. The molecule has 1 aromatic heterocycles. The van der Waals surface area contributed by atoms with Crippen LogP contribution in [0.15, 0.2) is 29.7 Å². The van der Waals surface area contributed by atoms with Crippen molar-refractivity contribution < 1.29 is 9.90 Å². The maximum absolute atomic E-state index is 11.8. The van der Waals surface area contributed by atoms with Gasteiger partial charge in [-0.05, 0) is 37.6 Å². The van der Waals surface area contributed by atoms with E-state index in [-0.39, 0.29) is 18.6 Å². The molecule has 5 heteroatoms. The number of carbonyl (C=O) groups excluding carboxylic acids is 1. The molecular formula is C14H20N2O2S. The van der Waals surface area contributed by atoms with Gasteiger partial charge in [0.2, 0.25) is 0 Å². The number of hydrogen-bond acceptors (Lipinski definition) is 3. The maximum atomic E-state index is 11.8. The zero-order valence-electron chi connectivity index (χ0n) is 11.1. The molecule has 1 heterocycles.